The highest BCUT2D eigenvalue weighted by Crippen LogP contribution is 2.13. The molecule has 0 aromatic carbocycles. The standard InChI is InChI=1S/C9H17NO3/c1-4-7(5-2)8(9(12)13)10-6(3)11/h7-8H,4-5H2,1-3H3,(H,10,11)(H,12,13). The van der Waals surface area contributed by atoms with Gasteiger partial charge in [-0.05, 0) is 5.92 Å². The zero-order chi connectivity index (χ0) is 10.4. The molecule has 0 bridgehead atoms. The zero-order valence-corrected chi connectivity index (χ0v) is 8.33. The summed E-state index contributed by atoms with van der Waals surface area (Å²) in [6, 6.07) is -0.743. The molecule has 76 valence electrons. The summed E-state index contributed by atoms with van der Waals surface area (Å²) in [4.78, 5) is 21.5. The maximum Gasteiger partial charge on any atom is 0.326 e. The molecular formula is C9H17NO3. The van der Waals surface area contributed by atoms with Crippen LogP contribution in [0.2, 0.25) is 0 Å². The van der Waals surface area contributed by atoms with Crippen molar-refractivity contribution in [2.75, 3.05) is 0 Å². The maximum absolute atomic E-state index is 10.8. The fourth-order valence-electron chi connectivity index (χ4n) is 1.36. The Balaban J connectivity index is 4.38. The van der Waals surface area contributed by atoms with Crippen molar-refractivity contribution in [3.05, 3.63) is 0 Å². The Kier molecular flexibility index (Phi) is 5.11. The van der Waals surface area contributed by atoms with E-state index in [1.807, 2.05) is 13.8 Å². The monoisotopic (exact) mass is 187 g/mol. The summed E-state index contributed by atoms with van der Waals surface area (Å²) in [5.41, 5.74) is 0. The summed E-state index contributed by atoms with van der Waals surface area (Å²) in [5.74, 6) is -1.23. The number of nitrogens with one attached hydrogen (secondary N) is 1. The number of hydrogen-bond acceptors (Lipinski definition) is 2. The van der Waals surface area contributed by atoms with Gasteiger partial charge in [-0.25, -0.2) is 4.79 Å². The molecule has 0 aliphatic rings. The molecule has 0 aliphatic heterocycles. The summed E-state index contributed by atoms with van der Waals surface area (Å²) in [6.07, 6.45) is 1.52. The lowest BCUT2D eigenvalue weighted by Crippen LogP contribution is -2.44. The van der Waals surface area contributed by atoms with E-state index in [0.717, 1.165) is 12.8 Å². The molecule has 0 rings (SSSR count). The van der Waals surface area contributed by atoms with Crippen molar-refractivity contribution in [1.82, 2.24) is 5.32 Å². The Hall–Kier alpha value is -1.06. The zero-order valence-electron chi connectivity index (χ0n) is 8.33. The number of carbonyl (C=O) groups is 2. The molecule has 1 amide bonds. The van der Waals surface area contributed by atoms with E-state index in [2.05, 4.69) is 5.32 Å². The van der Waals surface area contributed by atoms with Crippen LogP contribution in [0.5, 0.6) is 0 Å². The predicted octanol–water partition coefficient (Wildman–Crippen LogP) is 1.01. The van der Waals surface area contributed by atoms with Crippen LogP contribution in [0.15, 0.2) is 0 Å². The molecule has 0 saturated carbocycles. The van der Waals surface area contributed by atoms with Gasteiger partial charge in [0.15, 0.2) is 0 Å². The number of hydrogen-bond donors (Lipinski definition) is 2. The number of amides is 1. The third-order valence-corrected chi connectivity index (χ3v) is 2.14. The Morgan fingerprint density at radius 2 is 1.77 bits per heavy atom. The molecule has 0 fully saturated rings. The minimum Gasteiger partial charge on any atom is -0.480 e. The summed E-state index contributed by atoms with van der Waals surface area (Å²) in [5, 5.41) is 11.3. The summed E-state index contributed by atoms with van der Waals surface area (Å²) >= 11 is 0. The van der Waals surface area contributed by atoms with Crippen LogP contribution in [0.1, 0.15) is 33.6 Å². The quantitative estimate of drug-likeness (QED) is 0.675. The minimum atomic E-state index is -0.955. The van der Waals surface area contributed by atoms with Crippen LogP contribution in [-0.2, 0) is 9.59 Å². The number of aliphatic carboxylic acids is 1. The molecule has 2 N–H and O–H groups in total. The molecular weight excluding hydrogens is 170 g/mol. The van der Waals surface area contributed by atoms with E-state index in [1.54, 1.807) is 0 Å². The van der Waals surface area contributed by atoms with Crippen molar-refractivity contribution < 1.29 is 14.7 Å². The molecule has 0 spiro atoms. The van der Waals surface area contributed by atoms with Crippen LogP contribution < -0.4 is 5.32 Å². The Morgan fingerprint density at radius 3 is 2.00 bits per heavy atom. The van der Waals surface area contributed by atoms with Crippen LogP contribution in [0.4, 0.5) is 0 Å². The molecule has 4 heteroatoms. The van der Waals surface area contributed by atoms with Gasteiger partial charge in [0, 0.05) is 6.92 Å². The second-order valence-corrected chi connectivity index (χ2v) is 3.09. The average Bonchev–Trinajstić information content (AvgIpc) is 2.04. The van der Waals surface area contributed by atoms with Crippen LogP contribution >= 0.6 is 0 Å². The normalized spacial score (nSPS) is 12.6. The summed E-state index contributed by atoms with van der Waals surface area (Å²) in [6.45, 7) is 5.18. The van der Waals surface area contributed by atoms with Gasteiger partial charge in [-0.1, -0.05) is 26.7 Å². The van der Waals surface area contributed by atoms with E-state index < -0.39 is 12.0 Å². The van der Waals surface area contributed by atoms with E-state index in [4.69, 9.17) is 5.11 Å². The van der Waals surface area contributed by atoms with Gasteiger partial charge in [-0.15, -0.1) is 0 Å². The molecule has 0 radical (unpaired) electrons. The number of carboxylic acid groups (broad SMARTS) is 1. The van der Waals surface area contributed by atoms with Gasteiger partial charge in [-0.2, -0.15) is 0 Å². The molecule has 0 aromatic rings. The molecule has 0 aliphatic carbocycles. The maximum atomic E-state index is 10.8. The fraction of sp³-hybridized carbons (Fsp3) is 0.778. The van der Waals surface area contributed by atoms with Crippen molar-refractivity contribution >= 4 is 11.9 Å². The SMILES string of the molecule is CCC(CC)C(NC(C)=O)C(=O)O. The first kappa shape index (κ1) is 11.9. The highest BCUT2D eigenvalue weighted by molar-refractivity contribution is 5.82. The Morgan fingerprint density at radius 1 is 1.31 bits per heavy atom. The van der Waals surface area contributed by atoms with Crippen molar-refractivity contribution in [3.63, 3.8) is 0 Å². The Bertz CT molecular complexity index is 187. The summed E-state index contributed by atoms with van der Waals surface area (Å²) in [7, 11) is 0. The highest BCUT2D eigenvalue weighted by atomic mass is 16.4. The van der Waals surface area contributed by atoms with Crippen LogP contribution in [-0.4, -0.2) is 23.0 Å². The van der Waals surface area contributed by atoms with Gasteiger partial charge in [-0.3, -0.25) is 4.79 Å². The first-order chi connectivity index (χ1) is 6.02. The molecule has 1 atom stereocenters. The second-order valence-electron chi connectivity index (χ2n) is 3.09. The van der Waals surface area contributed by atoms with Crippen molar-refractivity contribution in [1.29, 1.82) is 0 Å². The molecule has 0 saturated heterocycles. The minimum absolute atomic E-state index is 0.0152. The number of carboxylic acids is 1. The highest BCUT2D eigenvalue weighted by Gasteiger charge is 2.25. The lowest BCUT2D eigenvalue weighted by Gasteiger charge is -2.21. The molecule has 0 heterocycles. The number of rotatable bonds is 5. The van der Waals surface area contributed by atoms with Gasteiger partial charge in [0.05, 0.1) is 0 Å². The van der Waals surface area contributed by atoms with E-state index >= 15 is 0 Å². The lowest BCUT2D eigenvalue weighted by atomic mass is 9.94. The van der Waals surface area contributed by atoms with Crippen molar-refractivity contribution in [2.45, 2.75) is 39.7 Å². The first-order valence-electron chi connectivity index (χ1n) is 4.52. The molecule has 1 unspecified atom stereocenters. The van der Waals surface area contributed by atoms with Gasteiger partial charge < -0.3 is 10.4 Å². The predicted molar refractivity (Wildman–Crippen MR) is 49.3 cm³/mol. The van der Waals surface area contributed by atoms with E-state index in [9.17, 15) is 9.59 Å². The first-order valence-corrected chi connectivity index (χ1v) is 4.52. The lowest BCUT2D eigenvalue weighted by molar-refractivity contribution is -0.143. The number of carbonyl (C=O) groups excluding carboxylic acids is 1. The van der Waals surface area contributed by atoms with Crippen LogP contribution in [0, 0.1) is 5.92 Å². The van der Waals surface area contributed by atoms with Crippen molar-refractivity contribution in [3.8, 4) is 0 Å². The third kappa shape index (κ3) is 3.92. The van der Waals surface area contributed by atoms with Crippen LogP contribution in [0.25, 0.3) is 0 Å². The van der Waals surface area contributed by atoms with Gasteiger partial charge >= 0.3 is 5.97 Å². The molecule has 0 aromatic heterocycles. The van der Waals surface area contributed by atoms with Crippen LogP contribution in [0.3, 0.4) is 0 Å². The average molecular weight is 187 g/mol. The largest absolute Gasteiger partial charge is 0.480 e. The van der Waals surface area contributed by atoms with Gasteiger partial charge in [0.1, 0.15) is 6.04 Å². The fourth-order valence-corrected chi connectivity index (χ4v) is 1.36. The topological polar surface area (TPSA) is 66.4 Å². The van der Waals surface area contributed by atoms with Gasteiger partial charge in [0.2, 0.25) is 5.91 Å². The van der Waals surface area contributed by atoms with Gasteiger partial charge in [0.25, 0.3) is 0 Å². The Labute approximate surface area is 78.3 Å². The molecule has 13 heavy (non-hydrogen) atoms. The molecule has 4 nitrogen and oxygen atoms in total. The third-order valence-electron chi connectivity index (χ3n) is 2.14. The van der Waals surface area contributed by atoms with E-state index in [0.29, 0.717) is 0 Å². The van der Waals surface area contributed by atoms with E-state index in [1.165, 1.54) is 6.92 Å². The second kappa shape index (κ2) is 5.56. The van der Waals surface area contributed by atoms with Crippen molar-refractivity contribution in [2.24, 2.45) is 5.92 Å². The van der Waals surface area contributed by atoms with E-state index in [-0.39, 0.29) is 11.8 Å². The smallest absolute Gasteiger partial charge is 0.326 e. The summed E-state index contributed by atoms with van der Waals surface area (Å²) < 4.78 is 0.